The molecule has 0 spiro atoms. The van der Waals surface area contributed by atoms with Gasteiger partial charge < -0.3 is 11.5 Å². The van der Waals surface area contributed by atoms with Gasteiger partial charge in [0.25, 0.3) is 0 Å². The van der Waals surface area contributed by atoms with Crippen LogP contribution in [0.5, 0.6) is 0 Å². The first-order valence-electron chi connectivity index (χ1n) is 4.01. The highest BCUT2D eigenvalue weighted by Crippen LogP contribution is 2.14. The maximum atomic E-state index is 5.77. The van der Waals surface area contributed by atoms with E-state index in [9.17, 15) is 0 Å². The Labute approximate surface area is 68.1 Å². The topological polar surface area (TPSA) is 58.5 Å². The van der Waals surface area contributed by atoms with Gasteiger partial charge in [-0.15, -0.1) is 0 Å². The molecule has 0 unspecified atom stereocenters. The molecule has 4 nitrogen and oxygen atoms in total. The zero-order valence-electron chi connectivity index (χ0n) is 7.38. The van der Waals surface area contributed by atoms with Gasteiger partial charge in [0.2, 0.25) is 0 Å². The molecule has 1 heterocycles. The van der Waals surface area contributed by atoms with Crippen LogP contribution in [0, 0.1) is 0 Å². The smallest absolute Gasteiger partial charge is 0.0662 e. The number of hydrazine groups is 1. The van der Waals surface area contributed by atoms with Gasteiger partial charge >= 0.3 is 0 Å². The van der Waals surface area contributed by atoms with Crippen molar-refractivity contribution in [2.24, 2.45) is 11.5 Å². The molecule has 1 aliphatic rings. The third kappa shape index (κ3) is 2.41. The van der Waals surface area contributed by atoms with Crippen molar-refractivity contribution in [1.29, 1.82) is 0 Å². The quantitative estimate of drug-likeness (QED) is 0.489. The summed E-state index contributed by atoms with van der Waals surface area (Å²) in [5, 5.41) is 4.34. The van der Waals surface area contributed by atoms with Gasteiger partial charge in [-0.3, -0.25) is 0 Å². The molecule has 4 N–H and O–H groups in total. The fourth-order valence-corrected chi connectivity index (χ4v) is 1.31. The maximum absolute atomic E-state index is 5.77. The average Bonchev–Trinajstić information content (AvgIpc) is 1.86. The zero-order valence-corrected chi connectivity index (χ0v) is 7.38. The van der Waals surface area contributed by atoms with E-state index in [1.54, 1.807) is 0 Å². The van der Waals surface area contributed by atoms with Crippen LogP contribution in [-0.2, 0) is 0 Å². The van der Waals surface area contributed by atoms with Crippen LogP contribution in [0.4, 0.5) is 0 Å². The molecule has 0 amide bonds. The zero-order chi connectivity index (χ0) is 8.48. The molecule has 0 aliphatic carbocycles. The fraction of sp³-hybridized carbons (Fsp3) is 1.00. The van der Waals surface area contributed by atoms with Crippen LogP contribution in [0.25, 0.3) is 0 Å². The summed E-state index contributed by atoms with van der Waals surface area (Å²) >= 11 is 0. The maximum Gasteiger partial charge on any atom is 0.0662 e. The molecule has 0 aromatic heterocycles. The summed E-state index contributed by atoms with van der Waals surface area (Å²) in [5.74, 6) is 0. The van der Waals surface area contributed by atoms with Crippen molar-refractivity contribution in [3.63, 3.8) is 0 Å². The Kier molecular flexibility index (Phi) is 2.49. The average molecular weight is 158 g/mol. The van der Waals surface area contributed by atoms with Gasteiger partial charge in [-0.25, -0.2) is 10.0 Å². The molecule has 4 heteroatoms. The normalized spacial score (nSPS) is 25.9. The molecule has 0 atom stereocenters. The Balaban J connectivity index is 2.36. The second-order valence-electron chi connectivity index (χ2n) is 3.53. The molecule has 1 aliphatic heterocycles. The van der Waals surface area contributed by atoms with E-state index in [1.165, 1.54) is 0 Å². The molecule has 1 rings (SSSR count). The number of hydrogen-bond donors (Lipinski definition) is 2. The van der Waals surface area contributed by atoms with Crippen LogP contribution in [0.3, 0.4) is 0 Å². The first-order chi connectivity index (χ1) is 5.01. The second kappa shape index (κ2) is 3.06. The molecule has 0 radical (unpaired) electrons. The molecule has 66 valence electrons. The van der Waals surface area contributed by atoms with E-state index in [0.717, 1.165) is 25.9 Å². The molecule has 0 aromatic rings. The van der Waals surface area contributed by atoms with Crippen molar-refractivity contribution >= 4 is 0 Å². The molecule has 1 fully saturated rings. The van der Waals surface area contributed by atoms with Gasteiger partial charge in [0.1, 0.15) is 0 Å². The van der Waals surface area contributed by atoms with Crippen LogP contribution in [-0.4, -0.2) is 42.9 Å². The predicted molar refractivity (Wildman–Crippen MR) is 45.6 cm³/mol. The van der Waals surface area contributed by atoms with Crippen LogP contribution in [0.15, 0.2) is 0 Å². The van der Waals surface area contributed by atoms with Gasteiger partial charge in [-0.2, -0.15) is 0 Å². The standard InChI is InChI=1S/C7H18N4/c1-10(2)11-5-3-7(8,9)4-6-11/h3-6,8-9H2,1-2H3. The van der Waals surface area contributed by atoms with Crippen molar-refractivity contribution in [3.8, 4) is 0 Å². The molecule has 0 aromatic carbocycles. The van der Waals surface area contributed by atoms with E-state index < -0.39 is 5.66 Å². The third-order valence-corrected chi connectivity index (χ3v) is 2.24. The summed E-state index contributed by atoms with van der Waals surface area (Å²) in [4.78, 5) is 0. The van der Waals surface area contributed by atoms with Crippen LogP contribution in [0.1, 0.15) is 12.8 Å². The summed E-state index contributed by atoms with van der Waals surface area (Å²) in [5.41, 5.74) is 11.1. The molecule has 1 saturated heterocycles. The van der Waals surface area contributed by atoms with E-state index in [-0.39, 0.29) is 0 Å². The Bertz CT molecular complexity index is 122. The molecule has 11 heavy (non-hydrogen) atoms. The SMILES string of the molecule is CN(C)N1CCC(N)(N)CC1. The van der Waals surface area contributed by atoms with Gasteiger partial charge in [-0.05, 0) is 12.8 Å². The third-order valence-electron chi connectivity index (χ3n) is 2.24. The number of nitrogens with two attached hydrogens (primary N) is 2. The Hall–Kier alpha value is -0.160. The minimum Gasteiger partial charge on any atom is -0.313 e. The lowest BCUT2D eigenvalue weighted by atomic mass is 10.0. The van der Waals surface area contributed by atoms with Gasteiger partial charge in [0.15, 0.2) is 0 Å². The highest BCUT2D eigenvalue weighted by molar-refractivity contribution is 4.83. The van der Waals surface area contributed by atoms with Crippen LogP contribution < -0.4 is 11.5 Å². The van der Waals surface area contributed by atoms with E-state index >= 15 is 0 Å². The predicted octanol–water partition coefficient (Wildman–Crippen LogP) is -0.827. The molecular formula is C7H18N4. The number of piperidine rings is 1. The van der Waals surface area contributed by atoms with Crippen molar-refractivity contribution in [3.05, 3.63) is 0 Å². The minimum atomic E-state index is -0.424. The van der Waals surface area contributed by atoms with Crippen molar-refractivity contribution in [1.82, 2.24) is 10.0 Å². The summed E-state index contributed by atoms with van der Waals surface area (Å²) in [6.45, 7) is 1.94. The Morgan fingerprint density at radius 2 is 1.64 bits per heavy atom. The summed E-state index contributed by atoms with van der Waals surface area (Å²) < 4.78 is 0. The van der Waals surface area contributed by atoms with Gasteiger partial charge in [-0.1, -0.05) is 0 Å². The molecule has 0 saturated carbocycles. The summed E-state index contributed by atoms with van der Waals surface area (Å²) in [7, 11) is 4.08. The van der Waals surface area contributed by atoms with E-state index in [0.29, 0.717) is 0 Å². The fourth-order valence-electron chi connectivity index (χ4n) is 1.31. The summed E-state index contributed by atoms with van der Waals surface area (Å²) in [6.07, 6.45) is 1.76. The van der Waals surface area contributed by atoms with Gasteiger partial charge in [0, 0.05) is 27.2 Å². The highest BCUT2D eigenvalue weighted by atomic mass is 15.6. The van der Waals surface area contributed by atoms with Crippen LogP contribution >= 0.6 is 0 Å². The van der Waals surface area contributed by atoms with E-state index in [4.69, 9.17) is 11.5 Å². The van der Waals surface area contributed by atoms with Crippen molar-refractivity contribution in [2.45, 2.75) is 18.5 Å². The van der Waals surface area contributed by atoms with Gasteiger partial charge in [0.05, 0.1) is 5.66 Å². The van der Waals surface area contributed by atoms with Crippen molar-refractivity contribution in [2.75, 3.05) is 27.2 Å². The Morgan fingerprint density at radius 1 is 1.18 bits per heavy atom. The van der Waals surface area contributed by atoms with E-state index in [1.807, 2.05) is 14.1 Å². The lowest BCUT2D eigenvalue weighted by Gasteiger charge is -2.39. The monoisotopic (exact) mass is 158 g/mol. The first-order valence-corrected chi connectivity index (χ1v) is 4.01. The largest absolute Gasteiger partial charge is 0.313 e. The molecule has 0 bridgehead atoms. The lowest BCUT2D eigenvalue weighted by Crippen LogP contribution is -2.58. The van der Waals surface area contributed by atoms with Crippen LogP contribution in [0.2, 0.25) is 0 Å². The highest BCUT2D eigenvalue weighted by Gasteiger charge is 2.26. The number of nitrogens with zero attached hydrogens (tertiary/aromatic N) is 2. The minimum absolute atomic E-state index is 0.424. The lowest BCUT2D eigenvalue weighted by molar-refractivity contribution is -0.0112. The van der Waals surface area contributed by atoms with Crippen molar-refractivity contribution < 1.29 is 0 Å². The number of hydrogen-bond acceptors (Lipinski definition) is 4. The van der Waals surface area contributed by atoms with E-state index in [2.05, 4.69) is 10.0 Å². The second-order valence-corrected chi connectivity index (χ2v) is 3.53. The summed E-state index contributed by atoms with van der Waals surface area (Å²) in [6, 6.07) is 0. The first kappa shape index (κ1) is 8.93. The molecular weight excluding hydrogens is 140 g/mol. The Morgan fingerprint density at radius 3 is 2.00 bits per heavy atom. The number of rotatable bonds is 1.